The minimum atomic E-state index is -0.247. The molecule has 1 fully saturated rings. The highest BCUT2D eigenvalue weighted by molar-refractivity contribution is 5.77. The molecule has 4 heteroatoms. The highest BCUT2D eigenvalue weighted by Crippen LogP contribution is 2.15. The van der Waals surface area contributed by atoms with Gasteiger partial charge in [0.1, 0.15) is 0 Å². The molecule has 1 aliphatic rings. The molecule has 0 aliphatic carbocycles. The van der Waals surface area contributed by atoms with Crippen LogP contribution < -0.4 is 10.6 Å². The van der Waals surface area contributed by atoms with E-state index in [0.717, 1.165) is 19.5 Å². The summed E-state index contributed by atoms with van der Waals surface area (Å²) in [6.45, 7) is 6.04. The molecule has 1 atom stereocenters. The molecule has 1 rings (SSSR count). The molecule has 1 aliphatic heterocycles. The van der Waals surface area contributed by atoms with Gasteiger partial charge in [-0.3, -0.25) is 4.79 Å². The first-order chi connectivity index (χ1) is 7.09. The molecule has 0 saturated carbocycles. The predicted octanol–water partition coefficient (Wildman–Crippen LogP) is 0.263. The van der Waals surface area contributed by atoms with Gasteiger partial charge in [-0.2, -0.15) is 0 Å². The lowest BCUT2D eigenvalue weighted by Gasteiger charge is -2.32. The zero-order valence-electron chi connectivity index (χ0n) is 9.68. The third-order valence-electron chi connectivity index (χ3n) is 3.23. The quantitative estimate of drug-likeness (QED) is 0.594. The number of carbonyl (C=O) groups is 1. The molecule has 1 unspecified atom stereocenters. The minimum absolute atomic E-state index is 0.110. The van der Waals surface area contributed by atoms with Gasteiger partial charge >= 0.3 is 0 Å². The van der Waals surface area contributed by atoms with Gasteiger partial charge in [0, 0.05) is 18.6 Å². The summed E-state index contributed by atoms with van der Waals surface area (Å²) in [5, 5.41) is 15.1. The van der Waals surface area contributed by atoms with Crippen molar-refractivity contribution in [2.45, 2.75) is 38.6 Å². The molecule has 1 saturated heterocycles. The summed E-state index contributed by atoms with van der Waals surface area (Å²) in [7, 11) is 0. The standard InChI is InChI=1S/C11H22N2O2/c1-3-11(2,4-5-14)13-10(15)6-9-7-12-8-9/h9,12,14H,3-8H2,1-2H3,(H,13,15). The van der Waals surface area contributed by atoms with Crippen LogP contribution in [0.3, 0.4) is 0 Å². The number of hydrogen-bond acceptors (Lipinski definition) is 3. The lowest BCUT2D eigenvalue weighted by Crippen LogP contribution is -2.50. The lowest BCUT2D eigenvalue weighted by atomic mass is 9.93. The van der Waals surface area contributed by atoms with Crippen molar-refractivity contribution in [1.29, 1.82) is 0 Å². The average Bonchev–Trinajstić information content (AvgIpc) is 2.12. The van der Waals surface area contributed by atoms with Gasteiger partial charge in [-0.05, 0) is 38.8 Å². The molecule has 15 heavy (non-hydrogen) atoms. The molecule has 88 valence electrons. The average molecular weight is 214 g/mol. The van der Waals surface area contributed by atoms with Gasteiger partial charge in [0.15, 0.2) is 0 Å². The Labute approximate surface area is 91.4 Å². The van der Waals surface area contributed by atoms with Crippen LogP contribution in [0.2, 0.25) is 0 Å². The Hall–Kier alpha value is -0.610. The molecule has 0 aromatic carbocycles. The Morgan fingerprint density at radius 3 is 2.67 bits per heavy atom. The number of rotatable bonds is 6. The molecular weight excluding hydrogens is 192 g/mol. The van der Waals surface area contributed by atoms with Crippen LogP contribution in [0.4, 0.5) is 0 Å². The van der Waals surface area contributed by atoms with Gasteiger partial charge in [0.05, 0.1) is 0 Å². The second kappa shape index (κ2) is 5.47. The highest BCUT2D eigenvalue weighted by Gasteiger charge is 2.26. The zero-order valence-corrected chi connectivity index (χ0v) is 9.68. The highest BCUT2D eigenvalue weighted by atomic mass is 16.3. The summed E-state index contributed by atoms with van der Waals surface area (Å²) in [5.74, 6) is 0.611. The molecule has 0 spiro atoms. The van der Waals surface area contributed by atoms with Gasteiger partial charge in [0.25, 0.3) is 0 Å². The van der Waals surface area contributed by atoms with E-state index in [9.17, 15) is 4.79 Å². The fourth-order valence-corrected chi connectivity index (χ4v) is 1.72. The number of amides is 1. The summed E-state index contributed by atoms with van der Waals surface area (Å²) in [5.41, 5.74) is -0.247. The maximum atomic E-state index is 11.7. The smallest absolute Gasteiger partial charge is 0.220 e. The van der Waals surface area contributed by atoms with E-state index < -0.39 is 0 Å². The number of nitrogens with one attached hydrogen (secondary N) is 2. The van der Waals surface area contributed by atoms with Crippen LogP contribution >= 0.6 is 0 Å². The fraction of sp³-hybridized carbons (Fsp3) is 0.909. The van der Waals surface area contributed by atoms with E-state index in [1.807, 2.05) is 13.8 Å². The third-order valence-corrected chi connectivity index (χ3v) is 3.23. The van der Waals surface area contributed by atoms with E-state index in [4.69, 9.17) is 5.11 Å². The Morgan fingerprint density at radius 1 is 1.60 bits per heavy atom. The Kier molecular flexibility index (Phi) is 4.54. The number of aliphatic hydroxyl groups excluding tert-OH is 1. The molecule has 1 amide bonds. The first-order valence-corrected chi connectivity index (χ1v) is 5.72. The summed E-state index contributed by atoms with van der Waals surface area (Å²) < 4.78 is 0. The van der Waals surface area contributed by atoms with Crippen molar-refractivity contribution in [3.63, 3.8) is 0 Å². The maximum Gasteiger partial charge on any atom is 0.220 e. The number of aliphatic hydroxyl groups is 1. The van der Waals surface area contributed by atoms with Crippen LogP contribution in [0.15, 0.2) is 0 Å². The zero-order chi connectivity index (χ0) is 11.3. The van der Waals surface area contributed by atoms with Crippen LogP contribution in [0.1, 0.15) is 33.1 Å². The van der Waals surface area contributed by atoms with Gasteiger partial charge < -0.3 is 15.7 Å². The molecule has 3 N–H and O–H groups in total. The van der Waals surface area contributed by atoms with E-state index in [2.05, 4.69) is 10.6 Å². The van der Waals surface area contributed by atoms with Crippen molar-refractivity contribution in [2.24, 2.45) is 5.92 Å². The SMILES string of the molecule is CCC(C)(CCO)NC(=O)CC1CNC1. The van der Waals surface area contributed by atoms with Crippen LogP contribution in [-0.4, -0.2) is 36.2 Å². The monoisotopic (exact) mass is 214 g/mol. The van der Waals surface area contributed by atoms with Gasteiger partial charge in [-0.15, -0.1) is 0 Å². The second-order valence-corrected chi connectivity index (χ2v) is 4.66. The van der Waals surface area contributed by atoms with Crippen molar-refractivity contribution in [1.82, 2.24) is 10.6 Å². The summed E-state index contributed by atoms with van der Waals surface area (Å²) in [4.78, 5) is 11.7. The largest absolute Gasteiger partial charge is 0.396 e. The van der Waals surface area contributed by atoms with Gasteiger partial charge in [-0.1, -0.05) is 6.92 Å². The molecule has 0 aromatic heterocycles. The summed E-state index contributed by atoms with van der Waals surface area (Å²) in [6.07, 6.45) is 2.08. The third kappa shape index (κ3) is 3.80. The summed E-state index contributed by atoms with van der Waals surface area (Å²) in [6, 6.07) is 0. The van der Waals surface area contributed by atoms with Crippen LogP contribution in [0, 0.1) is 5.92 Å². The Balaban J connectivity index is 2.32. The minimum Gasteiger partial charge on any atom is -0.396 e. The van der Waals surface area contributed by atoms with Crippen molar-refractivity contribution >= 4 is 5.91 Å². The van der Waals surface area contributed by atoms with Gasteiger partial charge in [-0.25, -0.2) is 0 Å². The fourth-order valence-electron chi connectivity index (χ4n) is 1.72. The van der Waals surface area contributed by atoms with E-state index >= 15 is 0 Å². The molecule has 0 aromatic rings. The predicted molar refractivity (Wildman–Crippen MR) is 59.5 cm³/mol. The molecule has 0 bridgehead atoms. The van der Waals surface area contributed by atoms with E-state index in [0.29, 0.717) is 18.8 Å². The van der Waals surface area contributed by atoms with Crippen LogP contribution in [0.5, 0.6) is 0 Å². The maximum absolute atomic E-state index is 11.7. The Bertz CT molecular complexity index is 217. The van der Waals surface area contributed by atoms with Gasteiger partial charge in [0.2, 0.25) is 5.91 Å². The number of hydrogen-bond donors (Lipinski definition) is 3. The normalized spacial score (nSPS) is 20.5. The van der Waals surface area contributed by atoms with E-state index in [-0.39, 0.29) is 18.1 Å². The van der Waals surface area contributed by atoms with E-state index in [1.54, 1.807) is 0 Å². The molecular formula is C11H22N2O2. The van der Waals surface area contributed by atoms with Crippen LogP contribution in [0.25, 0.3) is 0 Å². The van der Waals surface area contributed by atoms with Crippen LogP contribution in [-0.2, 0) is 4.79 Å². The first kappa shape index (κ1) is 12.5. The van der Waals surface area contributed by atoms with Crippen molar-refractivity contribution < 1.29 is 9.90 Å². The molecule has 1 heterocycles. The lowest BCUT2D eigenvalue weighted by molar-refractivity contribution is -0.124. The first-order valence-electron chi connectivity index (χ1n) is 5.72. The topological polar surface area (TPSA) is 61.4 Å². The van der Waals surface area contributed by atoms with Crippen molar-refractivity contribution in [3.8, 4) is 0 Å². The molecule has 0 radical (unpaired) electrons. The van der Waals surface area contributed by atoms with E-state index in [1.165, 1.54) is 0 Å². The second-order valence-electron chi connectivity index (χ2n) is 4.66. The molecule has 4 nitrogen and oxygen atoms in total. The Morgan fingerprint density at radius 2 is 2.27 bits per heavy atom. The van der Waals surface area contributed by atoms with Crippen molar-refractivity contribution in [2.75, 3.05) is 19.7 Å². The van der Waals surface area contributed by atoms with Crippen molar-refractivity contribution in [3.05, 3.63) is 0 Å². The summed E-state index contributed by atoms with van der Waals surface area (Å²) >= 11 is 0. The number of carbonyl (C=O) groups excluding carboxylic acids is 1.